The van der Waals surface area contributed by atoms with Gasteiger partial charge < -0.3 is 5.11 Å². The summed E-state index contributed by atoms with van der Waals surface area (Å²) < 4.78 is 1.28. The molecule has 0 amide bonds. The Morgan fingerprint density at radius 2 is 1.96 bits per heavy atom. The second-order valence-corrected chi connectivity index (χ2v) is 7.85. The zero-order chi connectivity index (χ0) is 18.1. The van der Waals surface area contributed by atoms with Gasteiger partial charge >= 0.3 is 5.97 Å². The molecule has 1 aliphatic heterocycles. The molecular weight excluding hydrogens is 344 g/mol. The number of aryl methyl sites for hydroxylation is 1. The lowest BCUT2D eigenvalue weighted by atomic mass is 9.93. The summed E-state index contributed by atoms with van der Waals surface area (Å²) in [6, 6.07) is 14.7. The van der Waals surface area contributed by atoms with Gasteiger partial charge in [0.15, 0.2) is 0 Å². The minimum Gasteiger partial charge on any atom is -0.481 e. The Morgan fingerprint density at radius 3 is 2.69 bits per heavy atom. The van der Waals surface area contributed by atoms with Crippen LogP contribution in [0.15, 0.2) is 47.8 Å². The predicted octanol–water partition coefficient (Wildman–Crippen LogP) is 4.49. The van der Waals surface area contributed by atoms with Crippen molar-refractivity contribution in [1.82, 2.24) is 9.88 Å². The first-order chi connectivity index (χ1) is 12.6. The predicted molar refractivity (Wildman–Crippen MR) is 105 cm³/mol. The van der Waals surface area contributed by atoms with Crippen molar-refractivity contribution in [2.24, 2.45) is 5.92 Å². The Morgan fingerprint density at radius 1 is 1.19 bits per heavy atom. The maximum Gasteiger partial charge on any atom is 0.306 e. The van der Waals surface area contributed by atoms with Gasteiger partial charge in [-0.1, -0.05) is 24.3 Å². The first-order valence-electron chi connectivity index (χ1n) is 9.00. The number of likely N-dealkylation sites (tertiary alicyclic amines) is 1. The van der Waals surface area contributed by atoms with Crippen LogP contribution in [-0.2, 0) is 4.79 Å². The summed E-state index contributed by atoms with van der Waals surface area (Å²) in [5.41, 5.74) is 3.33. The number of hydrogen-bond acceptors (Lipinski definition) is 4. The number of aromatic nitrogens is 1. The van der Waals surface area contributed by atoms with E-state index in [2.05, 4.69) is 46.7 Å². The van der Waals surface area contributed by atoms with Gasteiger partial charge in [-0.05, 0) is 67.4 Å². The van der Waals surface area contributed by atoms with E-state index in [4.69, 9.17) is 4.98 Å². The highest BCUT2D eigenvalue weighted by Gasteiger charge is 2.32. The first-order valence-corrected chi connectivity index (χ1v) is 9.88. The van der Waals surface area contributed by atoms with Gasteiger partial charge in [0.25, 0.3) is 0 Å². The fourth-order valence-corrected chi connectivity index (χ4v) is 4.85. The Balaban J connectivity index is 1.74. The number of thiophene rings is 1. The zero-order valence-electron chi connectivity index (χ0n) is 14.8. The number of pyridine rings is 1. The van der Waals surface area contributed by atoms with Crippen LogP contribution < -0.4 is 0 Å². The Bertz CT molecular complexity index is 928. The largest absolute Gasteiger partial charge is 0.481 e. The van der Waals surface area contributed by atoms with Crippen LogP contribution in [0, 0.1) is 12.8 Å². The molecule has 134 valence electrons. The molecule has 1 saturated heterocycles. The number of hydrogen-bond donors (Lipinski definition) is 1. The summed E-state index contributed by atoms with van der Waals surface area (Å²) in [7, 11) is 0. The van der Waals surface area contributed by atoms with Crippen molar-refractivity contribution in [3.63, 3.8) is 0 Å². The zero-order valence-corrected chi connectivity index (χ0v) is 15.6. The van der Waals surface area contributed by atoms with Crippen LogP contribution in [0.1, 0.15) is 35.8 Å². The van der Waals surface area contributed by atoms with Gasteiger partial charge in [0.05, 0.1) is 17.7 Å². The minimum atomic E-state index is -0.670. The third kappa shape index (κ3) is 3.24. The molecule has 1 atom stereocenters. The molecule has 5 heteroatoms. The number of carboxylic acid groups (broad SMARTS) is 1. The lowest BCUT2D eigenvalue weighted by molar-refractivity contribution is -0.143. The molecule has 0 radical (unpaired) electrons. The summed E-state index contributed by atoms with van der Waals surface area (Å²) in [6.07, 6.45) is 1.39. The number of nitrogens with zero attached hydrogens (tertiary/aromatic N) is 2. The van der Waals surface area contributed by atoms with E-state index in [1.165, 1.54) is 15.6 Å². The molecule has 1 fully saturated rings. The standard InChI is InChI=1S/C21H22N2O2S/c1-14-5-4-7-18(22-14)20(23-11-9-15(10-12-23)21(24)25)17-13-26-19-8-3-2-6-16(17)19/h2-8,13,15,20H,9-12H2,1H3,(H,24,25). The van der Waals surface area contributed by atoms with E-state index in [-0.39, 0.29) is 12.0 Å². The van der Waals surface area contributed by atoms with Crippen molar-refractivity contribution < 1.29 is 9.90 Å². The molecule has 1 unspecified atom stereocenters. The van der Waals surface area contributed by atoms with Crippen molar-refractivity contribution in [2.45, 2.75) is 25.8 Å². The summed E-state index contributed by atoms with van der Waals surface area (Å²) >= 11 is 1.76. The van der Waals surface area contributed by atoms with Crippen LogP contribution in [0.4, 0.5) is 0 Å². The van der Waals surface area contributed by atoms with Crippen molar-refractivity contribution in [2.75, 3.05) is 13.1 Å². The molecule has 0 bridgehead atoms. The van der Waals surface area contributed by atoms with Crippen LogP contribution in [0.25, 0.3) is 10.1 Å². The topological polar surface area (TPSA) is 53.4 Å². The number of benzene rings is 1. The van der Waals surface area contributed by atoms with E-state index in [9.17, 15) is 9.90 Å². The molecular formula is C21H22N2O2S. The van der Waals surface area contributed by atoms with E-state index in [0.717, 1.165) is 24.5 Å². The average Bonchev–Trinajstić information content (AvgIpc) is 3.07. The van der Waals surface area contributed by atoms with Crippen molar-refractivity contribution in [3.05, 3.63) is 64.8 Å². The highest BCUT2D eigenvalue weighted by Crippen LogP contribution is 2.38. The lowest BCUT2D eigenvalue weighted by Crippen LogP contribution is -2.39. The summed E-state index contributed by atoms with van der Waals surface area (Å²) in [5.74, 6) is -0.896. The number of rotatable bonds is 4. The third-order valence-electron chi connectivity index (χ3n) is 5.24. The van der Waals surface area contributed by atoms with E-state index in [1.807, 2.05) is 13.0 Å². The molecule has 0 spiro atoms. The fourth-order valence-electron chi connectivity index (χ4n) is 3.87. The van der Waals surface area contributed by atoms with Gasteiger partial charge in [0.2, 0.25) is 0 Å². The second-order valence-electron chi connectivity index (χ2n) is 6.94. The molecule has 2 aromatic heterocycles. The number of piperidine rings is 1. The van der Waals surface area contributed by atoms with E-state index >= 15 is 0 Å². The SMILES string of the molecule is Cc1cccc(C(c2csc3ccccc23)N2CCC(C(=O)O)CC2)n1. The van der Waals surface area contributed by atoms with Gasteiger partial charge in [-0.2, -0.15) is 0 Å². The van der Waals surface area contributed by atoms with Crippen LogP contribution in [0.3, 0.4) is 0 Å². The fraction of sp³-hybridized carbons (Fsp3) is 0.333. The second kappa shape index (κ2) is 7.17. The van der Waals surface area contributed by atoms with Crippen molar-refractivity contribution in [3.8, 4) is 0 Å². The maximum absolute atomic E-state index is 11.3. The van der Waals surface area contributed by atoms with Crippen LogP contribution in [0.2, 0.25) is 0 Å². The van der Waals surface area contributed by atoms with Gasteiger partial charge in [0, 0.05) is 10.4 Å². The van der Waals surface area contributed by atoms with E-state index < -0.39 is 5.97 Å². The lowest BCUT2D eigenvalue weighted by Gasteiger charge is -2.36. The van der Waals surface area contributed by atoms with Gasteiger partial charge in [0.1, 0.15) is 0 Å². The normalized spacial score (nSPS) is 17.4. The number of fused-ring (bicyclic) bond motifs is 1. The van der Waals surface area contributed by atoms with Crippen LogP contribution >= 0.6 is 11.3 Å². The Hall–Kier alpha value is -2.24. The van der Waals surface area contributed by atoms with Gasteiger partial charge in [-0.3, -0.25) is 14.7 Å². The molecule has 4 rings (SSSR count). The van der Waals surface area contributed by atoms with Gasteiger partial charge in [-0.15, -0.1) is 11.3 Å². The van der Waals surface area contributed by atoms with Crippen molar-refractivity contribution in [1.29, 1.82) is 0 Å². The summed E-state index contributed by atoms with van der Waals surface area (Å²) in [6.45, 7) is 3.58. The molecule has 1 aromatic carbocycles. The highest BCUT2D eigenvalue weighted by atomic mass is 32.1. The molecule has 1 aliphatic rings. The maximum atomic E-state index is 11.3. The molecule has 26 heavy (non-hydrogen) atoms. The smallest absolute Gasteiger partial charge is 0.306 e. The van der Waals surface area contributed by atoms with Crippen molar-refractivity contribution >= 4 is 27.4 Å². The first kappa shape index (κ1) is 17.2. The Labute approximate surface area is 157 Å². The Kier molecular flexibility index (Phi) is 4.74. The molecule has 1 N–H and O–H groups in total. The number of carbonyl (C=O) groups is 1. The highest BCUT2D eigenvalue weighted by molar-refractivity contribution is 7.17. The van der Waals surface area contributed by atoms with E-state index in [1.54, 1.807) is 11.3 Å². The van der Waals surface area contributed by atoms with Crippen LogP contribution in [0.5, 0.6) is 0 Å². The molecule has 3 heterocycles. The quantitative estimate of drug-likeness (QED) is 0.739. The third-order valence-corrected chi connectivity index (χ3v) is 6.22. The average molecular weight is 366 g/mol. The summed E-state index contributed by atoms with van der Waals surface area (Å²) in [4.78, 5) is 18.5. The molecule has 4 nitrogen and oxygen atoms in total. The summed E-state index contributed by atoms with van der Waals surface area (Å²) in [5, 5.41) is 12.8. The number of carboxylic acids is 1. The number of aliphatic carboxylic acids is 1. The van der Waals surface area contributed by atoms with E-state index in [0.29, 0.717) is 12.8 Å². The van der Waals surface area contributed by atoms with Gasteiger partial charge in [-0.25, -0.2) is 0 Å². The minimum absolute atomic E-state index is 0.0702. The molecule has 0 aliphatic carbocycles. The monoisotopic (exact) mass is 366 g/mol. The van der Waals surface area contributed by atoms with Crippen LogP contribution in [-0.4, -0.2) is 34.0 Å². The molecule has 0 saturated carbocycles. The molecule has 3 aromatic rings.